The van der Waals surface area contributed by atoms with E-state index in [2.05, 4.69) is 25.3 Å². The highest BCUT2D eigenvalue weighted by Crippen LogP contribution is 2.09. The van der Waals surface area contributed by atoms with E-state index in [0.717, 1.165) is 0 Å². The molecule has 0 aliphatic heterocycles. The highest BCUT2D eigenvalue weighted by atomic mass is 15.5. The Labute approximate surface area is 83.4 Å². The molecule has 0 unspecified atom stereocenters. The molecule has 2 N–H and O–H groups in total. The summed E-state index contributed by atoms with van der Waals surface area (Å²) in [4.78, 5) is 7.77. The van der Waals surface area contributed by atoms with Crippen molar-refractivity contribution in [3.8, 4) is 5.95 Å². The molecule has 8 nitrogen and oxygen atoms in total. The molecule has 0 fully saturated rings. The molecule has 0 spiro atoms. The Kier molecular flexibility index (Phi) is 1.43. The van der Waals surface area contributed by atoms with E-state index in [9.17, 15) is 0 Å². The number of rotatable bonds is 1. The van der Waals surface area contributed by atoms with E-state index in [4.69, 9.17) is 5.73 Å². The van der Waals surface area contributed by atoms with Gasteiger partial charge in [0.25, 0.3) is 5.95 Å². The molecule has 0 radical (unpaired) electrons. The van der Waals surface area contributed by atoms with Crippen LogP contribution in [-0.2, 0) is 0 Å². The van der Waals surface area contributed by atoms with E-state index in [1.165, 1.54) is 17.3 Å². The van der Waals surface area contributed by atoms with Gasteiger partial charge in [0.05, 0.1) is 0 Å². The third-order valence-electron chi connectivity index (χ3n) is 1.95. The van der Waals surface area contributed by atoms with Gasteiger partial charge in [-0.3, -0.25) is 0 Å². The Balaban J connectivity index is 2.37. The van der Waals surface area contributed by atoms with Crippen molar-refractivity contribution in [2.75, 3.05) is 5.73 Å². The van der Waals surface area contributed by atoms with Crippen molar-refractivity contribution in [1.82, 2.24) is 34.3 Å². The van der Waals surface area contributed by atoms with Gasteiger partial charge in [0.2, 0.25) is 5.95 Å². The molecular formula is C7H6N8. The van der Waals surface area contributed by atoms with Crippen LogP contribution in [0.15, 0.2) is 24.9 Å². The smallest absolute Gasteiger partial charge is 0.260 e. The van der Waals surface area contributed by atoms with Crippen molar-refractivity contribution in [2.45, 2.75) is 0 Å². The Morgan fingerprint density at radius 1 is 1.27 bits per heavy atom. The molecule has 3 aromatic heterocycles. The summed E-state index contributed by atoms with van der Waals surface area (Å²) in [6, 6.07) is 1.71. The van der Waals surface area contributed by atoms with Crippen molar-refractivity contribution in [3.63, 3.8) is 0 Å². The second-order valence-corrected chi connectivity index (χ2v) is 2.84. The summed E-state index contributed by atoms with van der Waals surface area (Å²) in [5.41, 5.74) is 6.34. The Morgan fingerprint density at radius 2 is 2.20 bits per heavy atom. The molecular weight excluding hydrogens is 196 g/mol. The number of nitrogen functional groups attached to an aromatic ring is 1. The topological polar surface area (TPSA) is 99.8 Å². The lowest BCUT2D eigenvalue weighted by atomic mass is 10.6. The molecule has 0 aliphatic carbocycles. The lowest BCUT2D eigenvalue weighted by Crippen LogP contribution is -2.06. The molecule has 0 saturated carbocycles. The second kappa shape index (κ2) is 2.74. The van der Waals surface area contributed by atoms with Gasteiger partial charge in [-0.2, -0.15) is 9.78 Å². The molecule has 3 rings (SSSR count). The summed E-state index contributed by atoms with van der Waals surface area (Å²) in [6.07, 6.45) is 4.50. The summed E-state index contributed by atoms with van der Waals surface area (Å²) in [6.45, 7) is 0. The summed E-state index contributed by atoms with van der Waals surface area (Å²) in [7, 11) is 0. The van der Waals surface area contributed by atoms with Crippen LogP contribution in [-0.4, -0.2) is 34.3 Å². The predicted octanol–water partition coefficient (Wildman–Crippen LogP) is -0.713. The molecule has 0 aromatic carbocycles. The van der Waals surface area contributed by atoms with Crippen molar-refractivity contribution in [3.05, 3.63) is 24.9 Å². The minimum atomic E-state index is 0.308. The number of anilines is 1. The van der Waals surface area contributed by atoms with E-state index >= 15 is 0 Å². The van der Waals surface area contributed by atoms with Crippen molar-refractivity contribution < 1.29 is 0 Å². The molecule has 0 amide bonds. The Hall–Kier alpha value is -2.51. The first-order chi connectivity index (χ1) is 7.36. The first-order valence-corrected chi connectivity index (χ1v) is 4.17. The van der Waals surface area contributed by atoms with E-state index in [0.29, 0.717) is 17.5 Å². The maximum absolute atomic E-state index is 5.72. The number of nitrogens with zero attached hydrogens (tertiary/aromatic N) is 7. The zero-order chi connectivity index (χ0) is 10.3. The molecule has 0 aliphatic rings. The van der Waals surface area contributed by atoms with Crippen molar-refractivity contribution >= 4 is 11.6 Å². The normalized spacial score (nSPS) is 10.9. The van der Waals surface area contributed by atoms with Crippen LogP contribution in [0.2, 0.25) is 0 Å². The van der Waals surface area contributed by atoms with E-state index in [1.54, 1.807) is 16.7 Å². The lowest BCUT2D eigenvalue weighted by Gasteiger charge is -2.00. The zero-order valence-electron chi connectivity index (χ0n) is 7.52. The third-order valence-corrected chi connectivity index (χ3v) is 1.95. The third kappa shape index (κ3) is 1.04. The maximum atomic E-state index is 5.72. The van der Waals surface area contributed by atoms with Gasteiger partial charge in [0.15, 0.2) is 5.65 Å². The molecule has 0 bridgehead atoms. The minimum absolute atomic E-state index is 0.308. The van der Waals surface area contributed by atoms with E-state index in [1.807, 2.05) is 0 Å². The molecule has 0 atom stereocenters. The van der Waals surface area contributed by atoms with Crippen molar-refractivity contribution in [1.29, 1.82) is 0 Å². The van der Waals surface area contributed by atoms with Gasteiger partial charge in [0, 0.05) is 12.3 Å². The number of hydrogen-bond acceptors (Lipinski definition) is 6. The van der Waals surface area contributed by atoms with Crippen LogP contribution in [0.4, 0.5) is 5.95 Å². The fourth-order valence-electron chi connectivity index (χ4n) is 1.31. The van der Waals surface area contributed by atoms with Crippen LogP contribution in [0.3, 0.4) is 0 Å². The van der Waals surface area contributed by atoms with Crippen LogP contribution in [0.5, 0.6) is 0 Å². The van der Waals surface area contributed by atoms with Gasteiger partial charge >= 0.3 is 0 Å². The molecule has 3 aromatic rings. The van der Waals surface area contributed by atoms with Crippen LogP contribution >= 0.6 is 0 Å². The highest BCUT2D eigenvalue weighted by Gasteiger charge is 2.10. The summed E-state index contributed by atoms with van der Waals surface area (Å²) < 4.78 is 3.06. The minimum Gasteiger partial charge on any atom is -0.369 e. The zero-order valence-corrected chi connectivity index (χ0v) is 7.52. The second-order valence-electron chi connectivity index (χ2n) is 2.84. The van der Waals surface area contributed by atoms with E-state index < -0.39 is 0 Å². The van der Waals surface area contributed by atoms with Crippen LogP contribution in [0.25, 0.3) is 11.6 Å². The van der Waals surface area contributed by atoms with Crippen LogP contribution < -0.4 is 5.73 Å². The highest BCUT2D eigenvalue weighted by molar-refractivity contribution is 5.45. The summed E-state index contributed by atoms with van der Waals surface area (Å²) >= 11 is 0. The quantitative estimate of drug-likeness (QED) is 0.559. The van der Waals surface area contributed by atoms with Crippen molar-refractivity contribution in [2.24, 2.45) is 0 Å². The average molecular weight is 202 g/mol. The monoisotopic (exact) mass is 202 g/mol. The van der Waals surface area contributed by atoms with Crippen LogP contribution in [0.1, 0.15) is 0 Å². The fourth-order valence-corrected chi connectivity index (χ4v) is 1.31. The molecule has 3 heterocycles. The molecule has 15 heavy (non-hydrogen) atoms. The summed E-state index contributed by atoms with van der Waals surface area (Å²) in [5, 5.41) is 11.8. The van der Waals surface area contributed by atoms with Gasteiger partial charge in [-0.1, -0.05) is 0 Å². The standard InChI is InChI=1S/C7H6N8/c8-6-10-2-1-5-12-13-7(15(5)6)14-4-9-3-11-14/h1-4H,(H2,8,10). The van der Waals surface area contributed by atoms with Gasteiger partial charge in [-0.25, -0.2) is 14.4 Å². The molecule has 0 saturated heterocycles. The first-order valence-electron chi connectivity index (χ1n) is 4.17. The maximum Gasteiger partial charge on any atom is 0.260 e. The number of nitrogens with two attached hydrogens (primary N) is 1. The SMILES string of the molecule is Nc1nccc2nnc(-n3cncn3)n12. The largest absolute Gasteiger partial charge is 0.369 e. The van der Waals surface area contributed by atoms with Gasteiger partial charge in [0.1, 0.15) is 12.7 Å². The van der Waals surface area contributed by atoms with Gasteiger partial charge in [-0.05, 0) is 0 Å². The fraction of sp³-hybridized carbons (Fsp3) is 0. The Morgan fingerprint density at radius 3 is 3.00 bits per heavy atom. The van der Waals surface area contributed by atoms with Gasteiger partial charge in [-0.15, -0.1) is 10.2 Å². The number of aromatic nitrogens is 7. The summed E-state index contributed by atoms with van der Waals surface area (Å²) in [5.74, 6) is 0.774. The van der Waals surface area contributed by atoms with Gasteiger partial charge < -0.3 is 5.73 Å². The number of hydrogen-bond donors (Lipinski definition) is 1. The number of fused-ring (bicyclic) bond motifs is 1. The molecule has 74 valence electrons. The first kappa shape index (κ1) is 7.85. The average Bonchev–Trinajstić information content (AvgIpc) is 2.85. The lowest BCUT2D eigenvalue weighted by molar-refractivity contribution is 0.793. The Bertz CT molecular complexity index is 595. The molecule has 8 heteroatoms. The van der Waals surface area contributed by atoms with Crippen LogP contribution in [0, 0.1) is 0 Å². The predicted molar refractivity (Wildman–Crippen MR) is 50.1 cm³/mol. The van der Waals surface area contributed by atoms with E-state index in [-0.39, 0.29) is 0 Å².